The normalized spacial score (nSPS) is 22.5. The van der Waals surface area contributed by atoms with Crippen molar-refractivity contribution >= 4 is 11.6 Å². The molecule has 2 N–H and O–H groups in total. The van der Waals surface area contributed by atoms with Gasteiger partial charge in [-0.3, -0.25) is 4.79 Å². The van der Waals surface area contributed by atoms with Crippen LogP contribution in [0.2, 0.25) is 0 Å². The number of benzene rings is 2. The first-order chi connectivity index (χ1) is 15.8. The molecule has 2 fully saturated rings. The number of anilines is 1. The number of carbonyl (C=O) groups excluding carboxylic acids is 1. The van der Waals surface area contributed by atoms with Gasteiger partial charge in [0.15, 0.2) is 0 Å². The summed E-state index contributed by atoms with van der Waals surface area (Å²) in [7, 11) is 0. The summed E-state index contributed by atoms with van der Waals surface area (Å²) in [5, 5.41) is 20.2. The summed E-state index contributed by atoms with van der Waals surface area (Å²) < 4.78 is 0. The molecule has 5 rings (SSSR count). The van der Waals surface area contributed by atoms with Gasteiger partial charge in [-0.25, -0.2) is 0 Å². The Balaban J connectivity index is 0.000000275. The van der Waals surface area contributed by atoms with Crippen LogP contribution in [0.15, 0.2) is 48.5 Å². The summed E-state index contributed by atoms with van der Waals surface area (Å²) in [6.45, 7) is 10.2. The fraction of sp³-hybridized carbons (Fsp3) is 0.519. The van der Waals surface area contributed by atoms with Crippen LogP contribution in [0.5, 0.6) is 0 Å². The predicted molar refractivity (Wildman–Crippen MR) is 130 cm³/mol. The number of piperazine rings is 1. The van der Waals surface area contributed by atoms with E-state index in [-0.39, 0.29) is 24.0 Å². The molecule has 2 aliphatic heterocycles. The molecule has 0 radical (unpaired) electrons. The molecule has 6 nitrogen and oxygen atoms in total. The summed E-state index contributed by atoms with van der Waals surface area (Å²) in [5.41, 5.74) is 4.61. The van der Waals surface area contributed by atoms with Gasteiger partial charge < -0.3 is 20.1 Å². The number of nitrogens with zero attached hydrogens (tertiary/aromatic N) is 3. The van der Waals surface area contributed by atoms with Gasteiger partial charge in [0.2, 0.25) is 5.91 Å². The molecular formula is C27H37N3O3. The lowest BCUT2D eigenvalue weighted by Gasteiger charge is -2.39. The quantitative estimate of drug-likeness (QED) is 0.717. The Kier molecular flexibility index (Phi) is 7.07. The van der Waals surface area contributed by atoms with Crippen LogP contribution in [0.1, 0.15) is 62.3 Å². The van der Waals surface area contributed by atoms with Gasteiger partial charge in [-0.15, -0.1) is 0 Å². The molecule has 0 spiro atoms. The van der Waals surface area contributed by atoms with Crippen LogP contribution >= 0.6 is 0 Å². The highest BCUT2D eigenvalue weighted by Gasteiger charge is 2.39. The minimum absolute atomic E-state index is 0.140. The maximum atomic E-state index is 12.5. The van der Waals surface area contributed by atoms with Crippen molar-refractivity contribution in [2.45, 2.75) is 52.2 Å². The van der Waals surface area contributed by atoms with Gasteiger partial charge in [0.05, 0.1) is 12.6 Å². The summed E-state index contributed by atoms with van der Waals surface area (Å²) in [6.07, 6.45) is 2.09. The number of hydroxylamine groups is 2. The van der Waals surface area contributed by atoms with E-state index in [4.69, 9.17) is 5.11 Å². The number of piperidine rings is 1. The number of amides is 1. The molecule has 2 aromatic rings. The minimum Gasteiger partial charge on any atom is -0.392 e. The van der Waals surface area contributed by atoms with E-state index in [9.17, 15) is 10.0 Å². The first-order valence-electron chi connectivity index (χ1n) is 12.1. The molecule has 33 heavy (non-hydrogen) atoms. The van der Waals surface area contributed by atoms with Crippen LogP contribution < -0.4 is 4.90 Å². The molecule has 3 aliphatic rings. The van der Waals surface area contributed by atoms with Gasteiger partial charge in [0.25, 0.3) is 0 Å². The summed E-state index contributed by atoms with van der Waals surface area (Å²) >= 11 is 0. The molecule has 2 unspecified atom stereocenters. The topological polar surface area (TPSA) is 67.3 Å². The van der Waals surface area contributed by atoms with Crippen molar-refractivity contribution in [2.24, 2.45) is 5.41 Å². The van der Waals surface area contributed by atoms with Gasteiger partial charge in [-0.1, -0.05) is 57.2 Å². The maximum Gasteiger partial charge on any atom is 0.228 e. The molecule has 178 valence electrons. The predicted octanol–water partition coefficient (Wildman–Crippen LogP) is 4.18. The smallest absolute Gasteiger partial charge is 0.228 e. The van der Waals surface area contributed by atoms with E-state index >= 15 is 0 Å². The molecule has 6 heteroatoms. The fourth-order valence-electron chi connectivity index (χ4n) is 5.17. The van der Waals surface area contributed by atoms with Gasteiger partial charge in [0, 0.05) is 43.8 Å². The zero-order valence-electron chi connectivity index (χ0n) is 20.1. The summed E-state index contributed by atoms with van der Waals surface area (Å²) in [5.74, 6) is 0.851. The Hall–Kier alpha value is -2.41. The highest BCUT2D eigenvalue weighted by atomic mass is 16.5. The molecule has 2 saturated heterocycles. The van der Waals surface area contributed by atoms with E-state index in [2.05, 4.69) is 23.1 Å². The monoisotopic (exact) mass is 451 g/mol. The first-order valence-corrected chi connectivity index (χ1v) is 12.1. The van der Waals surface area contributed by atoms with Crippen molar-refractivity contribution in [1.29, 1.82) is 0 Å². The molecule has 1 aliphatic carbocycles. The Bertz CT molecular complexity index is 949. The van der Waals surface area contributed by atoms with Crippen molar-refractivity contribution in [2.75, 3.05) is 37.6 Å². The number of carbonyl (C=O) groups is 1. The van der Waals surface area contributed by atoms with E-state index in [1.54, 1.807) is 0 Å². The van der Waals surface area contributed by atoms with Crippen molar-refractivity contribution < 1.29 is 15.1 Å². The number of hydrogen-bond acceptors (Lipinski definition) is 5. The van der Waals surface area contributed by atoms with Crippen LogP contribution in [-0.4, -0.2) is 58.9 Å². The van der Waals surface area contributed by atoms with Gasteiger partial charge in [0.1, 0.15) is 0 Å². The lowest BCUT2D eigenvalue weighted by Crippen LogP contribution is -2.51. The Morgan fingerprint density at radius 2 is 1.67 bits per heavy atom. The second kappa shape index (κ2) is 9.84. The molecule has 1 amide bonds. The second-order valence-corrected chi connectivity index (χ2v) is 10.4. The lowest BCUT2D eigenvalue weighted by molar-refractivity contribution is -0.141. The van der Waals surface area contributed by atoms with Gasteiger partial charge in [-0.2, -0.15) is 5.06 Å². The molecule has 2 aromatic carbocycles. The van der Waals surface area contributed by atoms with Gasteiger partial charge >= 0.3 is 0 Å². The van der Waals surface area contributed by atoms with Gasteiger partial charge in [-0.05, 0) is 47.6 Å². The fourth-order valence-corrected chi connectivity index (χ4v) is 5.17. The molecule has 0 saturated carbocycles. The van der Waals surface area contributed by atoms with Crippen molar-refractivity contribution in [3.63, 3.8) is 0 Å². The zero-order chi connectivity index (χ0) is 23.6. The van der Waals surface area contributed by atoms with Crippen LogP contribution in [0.3, 0.4) is 0 Å². The molecule has 2 heterocycles. The SMILES string of the molecule is CC(C)(C)C(=O)N1CCN(c2ccc3c(c2)C2CC3CCN2O)CC1.OCc1ccccc1. The number of aliphatic hydroxyl groups is 1. The molecule has 2 bridgehead atoms. The van der Waals surface area contributed by atoms with Crippen molar-refractivity contribution in [3.8, 4) is 0 Å². The van der Waals surface area contributed by atoms with Crippen molar-refractivity contribution in [3.05, 3.63) is 65.2 Å². The van der Waals surface area contributed by atoms with Crippen molar-refractivity contribution in [1.82, 2.24) is 9.96 Å². The van der Waals surface area contributed by atoms with E-state index in [1.807, 2.05) is 56.0 Å². The highest BCUT2D eigenvalue weighted by Crippen LogP contribution is 2.49. The number of fused-ring (bicyclic) bond motifs is 5. The van der Waals surface area contributed by atoms with E-state index in [0.29, 0.717) is 5.92 Å². The Morgan fingerprint density at radius 3 is 2.27 bits per heavy atom. The minimum atomic E-state index is -0.308. The van der Waals surface area contributed by atoms with E-state index in [1.165, 1.54) is 21.9 Å². The highest BCUT2D eigenvalue weighted by molar-refractivity contribution is 5.81. The standard InChI is InChI=1S/C20H29N3O2.C7H8O/c1-20(2,3)19(24)22-10-8-21(9-11-22)15-4-5-16-14-6-7-23(25)18(12-14)17(16)13-15;8-6-7-4-2-1-3-5-7/h4-5,13-14,18,25H,6-12H2,1-3H3;1-5,8H,6H2. The molecule has 2 atom stereocenters. The van der Waals surface area contributed by atoms with E-state index in [0.717, 1.165) is 51.1 Å². The Morgan fingerprint density at radius 1 is 0.970 bits per heavy atom. The first kappa shape index (κ1) is 23.7. The third kappa shape index (κ3) is 5.24. The lowest BCUT2D eigenvalue weighted by atomic mass is 9.94. The number of aliphatic hydroxyl groups excluding tert-OH is 1. The molecular weight excluding hydrogens is 414 g/mol. The average molecular weight is 452 g/mol. The Labute approximate surface area is 197 Å². The second-order valence-electron chi connectivity index (χ2n) is 10.4. The number of hydrogen-bond donors (Lipinski definition) is 2. The third-order valence-corrected chi connectivity index (χ3v) is 7.04. The molecule has 0 aromatic heterocycles. The average Bonchev–Trinajstić information content (AvgIpc) is 3.14. The van der Waals surface area contributed by atoms with Crippen LogP contribution in [-0.2, 0) is 11.4 Å². The number of rotatable bonds is 2. The van der Waals surface area contributed by atoms with Crippen LogP contribution in [0.4, 0.5) is 5.69 Å². The van der Waals surface area contributed by atoms with Crippen LogP contribution in [0.25, 0.3) is 0 Å². The zero-order valence-corrected chi connectivity index (χ0v) is 20.1. The van der Waals surface area contributed by atoms with E-state index < -0.39 is 0 Å². The van der Waals surface area contributed by atoms with Crippen LogP contribution in [0, 0.1) is 5.41 Å². The largest absolute Gasteiger partial charge is 0.392 e. The summed E-state index contributed by atoms with van der Waals surface area (Å²) in [6, 6.07) is 16.5. The maximum absolute atomic E-state index is 12.5. The third-order valence-electron chi connectivity index (χ3n) is 7.04. The summed E-state index contributed by atoms with van der Waals surface area (Å²) in [4.78, 5) is 16.8.